The van der Waals surface area contributed by atoms with Crippen LogP contribution in [0.5, 0.6) is 0 Å². The number of nitrogens with one attached hydrogen (secondary N) is 1. The lowest BCUT2D eigenvalue weighted by Gasteiger charge is -2.41. The third-order valence-corrected chi connectivity index (χ3v) is 7.02. The summed E-state index contributed by atoms with van der Waals surface area (Å²) in [6.45, 7) is 15.5. The molecule has 2 aliphatic heterocycles. The lowest BCUT2D eigenvalue weighted by Crippen LogP contribution is -2.40. The molecule has 0 amide bonds. The van der Waals surface area contributed by atoms with Gasteiger partial charge in [0.05, 0.1) is 5.70 Å². The van der Waals surface area contributed by atoms with E-state index in [2.05, 4.69) is 71.3 Å². The summed E-state index contributed by atoms with van der Waals surface area (Å²) in [5, 5.41) is 3.78. The number of nitrogens with zero attached hydrogens (tertiary/aromatic N) is 3. The molecule has 0 aliphatic carbocycles. The Morgan fingerprint density at radius 2 is 1.77 bits per heavy atom. The van der Waals surface area contributed by atoms with Crippen LogP contribution in [0.3, 0.4) is 0 Å². The van der Waals surface area contributed by atoms with Gasteiger partial charge in [-0.1, -0.05) is 63.4 Å². The van der Waals surface area contributed by atoms with Crippen molar-refractivity contribution in [2.75, 3.05) is 20.1 Å². The molecule has 6 heteroatoms. The van der Waals surface area contributed by atoms with Crippen LogP contribution >= 0.6 is 0 Å². The van der Waals surface area contributed by atoms with E-state index in [1.54, 1.807) is 0 Å². The molecule has 2 aromatic carbocycles. The second kappa shape index (κ2) is 10.6. The smallest absolute Gasteiger partial charge is 0.135 e. The molecule has 0 saturated carbocycles. The summed E-state index contributed by atoms with van der Waals surface area (Å²) in [5.74, 6) is 2.14. The summed E-state index contributed by atoms with van der Waals surface area (Å²) in [6.07, 6.45) is 2.80. The van der Waals surface area contributed by atoms with Crippen molar-refractivity contribution < 1.29 is 4.39 Å². The normalized spacial score (nSPS) is 18.0. The molecule has 0 fully saturated rings. The summed E-state index contributed by atoms with van der Waals surface area (Å²) in [4.78, 5) is 6.69. The molecule has 0 bridgehead atoms. The van der Waals surface area contributed by atoms with Gasteiger partial charge in [-0.15, -0.1) is 0 Å². The van der Waals surface area contributed by atoms with Gasteiger partial charge < -0.3 is 25.8 Å². The zero-order valence-corrected chi connectivity index (χ0v) is 21.2. The molecule has 1 atom stereocenters. The fourth-order valence-corrected chi connectivity index (χ4v) is 5.05. The van der Waals surface area contributed by atoms with Crippen molar-refractivity contribution >= 4 is 0 Å². The number of unbranched alkanes of at least 4 members (excludes halogenated alkanes) is 1. The summed E-state index contributed by atoms with van der Waals surface area (Å²) < 4.78 is 13.6. The van der Waals surface area contributed by atoms with Gasteiger partial charge in [-0.3, -0.25) is 0 Å². The monoisotopic (exact) mass is 475 g/mol. The fourth-order valence-electron chi connectivity index (χ4n) is 5.05. The van der Waals surface area contributed by atoms with Crippen molar-refractivity contribution in [1.82, 2.24) is 20.0 Å². The van der Waals surface area contributed by atoms with Gasteiger partial charge >= 0.3 is 0 Å². The predicted molar refractivity (Wildman–Crippen MR) is 141 cm³/mol. The minimum absolute atomic E-state index is 0.0287. The molecule has 0 radical (unpaired) electrons. The Hall–Kier alpha value is -3.25. The first-order valence-corrected chi connectivity index (χ1v) is 12.5. The Bertz CT molecular complexity index is 1100. The quantitative estimate of drug-likeness (QED) is 0.496. The number of halogens is 1. The molecule has 186 valence electrons. The second-order valence-electron chi connectivity index (χ2n) is 9.74. The first-order chi connectivity index (χ1) is 16.8. The van der Waals surface area contributed by atoms with Crippen LogP contribution in [-0.4, -0.2) is 41.0 Å². The van der Waals surface area contributed by atoms with E-state index in [-0.39, 0.29) is 12.0 Å². The van der Waals surface area contributed by atoms with E-state index in [0.29, 0.717) is 19.0 Å². The average molecular weight is 476 g/mol. The van der Waals surface area contributed by atoms with Crippen LogP contribution in [0.1, 0.15) is 49.3 Å². The fraction of sp³-hybridized carbons (Fsp3) is 0.379. The van der Waals surface area contributed by atoms with Crippen molar-refractivity contribution in [3.8, 4) is 0 Å². The third kappa shape index (κ3) is 5.08. The molecule has 2 aliphatic rings. The summed E-state index contributed by atoms with van der Waals surface area (Å²) in [5.41, 5.74) is 11.5. The van der Waals surface area contributed by atoms with Gasteiger partial charge in [0.1, 0.15) is 29.3 Å². The van der Waals surface area contributed by atoms with Crippen LogP contribution in [0.25, 0.3) is 0 Å². The minimum atomic E-state index is -0.222. The van der Waals surface area contributed by atoms with Gasteiger partial charge in [-0.05, 0) is 54.1 Å². The lowest BCUT2D eigenvalue weighted by molar-refractivity contribution is 0.239. The van der Waals surface area contributed by atoms with E-state index in [1.807, 2.05) is 19.2 Å². The lowest BCUT2D eigenvalue weighted by atomic mass is 9.94. The molecule has 0 spiro atoms. The van der Waals surface area contributed by atoms with Gasteiger partial charge in [-0.25, -0.2) is 4.39 Å². The third-order valence-electron chi connectivity index (χ3n) is 7.02. The minimum Gasteiger partial charge on any atom is -0.349 e. The van der Waals surface area contributed by atoms with Crippen LogP contribution in [0.15, 0.2) is 84.7 Å². The van der Waals surface area contributed by atoms with Gasteiger partial charge in [0.15, 0.2) is 0 Å². The molecule has 35 heavy (non-hydrogen) atoms. The maximum absolute atomic E-state index is 13.6. The number of hydrogen-bond donors (Lipinski definition) is 2. The number of hydrogen-bond acceptors (Lipinski definition) is 5. The van der Waals surface area contributed by atoms with Crippen LogP contribution < -0.4 is 11.1 Å². The van der Waals surface area contributed by atoms with Crippen LogP contribution in [0.4, 0.5) is 4.39 Å². The van der Waals surface area contributed by atoms with Crippen LogP contribution in [-0.2, 0) is 13.0 Å². The standard InChI is InChI=1S/C29H38FN5/c1-20(2)26-11-7-6-10-24(26)18-27-32-29-28(35(27)19-23-12-14-25(30)15-13-23)21(3)34(17-9-8-16-31)22(4)33(29)5/h6-7,10-15,20,27,32H,3-4,8-9,16-19,31H2,1-2,5H3. The molecule has 2 aromatic rings. The first kappa shape index (κ1) is 24.9. The summed E-state index contributed by atoms with van der Waals surface area (Å²) in [7, 11) is 2.05. The van der Waals surface area contributed by atoms with Crippen molar-refractivity contribution in [3.05, 3.63) is 107 Å². The van der Waals surface area contributed by atoms with Gasteiger partial charge in [0, 0.05) is 26.6 Å². The zero-order valence-electron chi connectivity index (χ0n) is 21.2. The molecule has 3 N–H and O–H groups in total. The Labute approximate surface area is 209 Å². The Morgan fingerprint density at radius 1 is 1.06 bits per heavy atom. The van der Waals surface area contributed by atoms with E-state index < -0.39 is 0 Å². The molecule has 1 unspecified atom stereocenters. The van der Waals surface area contributed by atoms with Crippen molar-refractivity contribution in [3.63, 3.8) is 0 Å². The largest absolute Gasteiger partial charge is 0.349 e. The second-order valence-corrected chi connectivity index (χ2v) is 9.74. The number of rotatable bonds is 9. The SMILES string of the molecule is C=C1C2=C(NC(Cc3ccccc3C(C)C)N2Cc2ccc(F)cc2)N(C)C(=C)N1CCCCN. The van der Waals surface area contributed by atoms with E-state index in [0.717, 1.165) is 54.4 Å². The zero-order chi connectivity index (χ0) is 25.1. The van der Waals surface area contributed by atoms with Crippen molar-refractivity contribution in [1.29, 1.82) is 0 Å². The highest BCUT2D eigenvalue weighted by atomic mass is 19.1. The first-order valence-electron chi connectivity index (χ1n) is 12.5. The molecule has 5 nitrogen and oxygen atoms in total. The number of nitrogens with two attached hydrogens (primary N) is 1. The van der Waals surface area contributed by atoms with E-state index in [9.17, 15) is 4.39 Å². The van der Waals surface area contributed by atoms with Crippen molar-refractivity contribution in [2.45, 2.75) is 51.7 Å². The van der Waals surface area contributed by atoms with E-state index in [1.165, 1.54) is 23.3 Å². The Balaban J connectivity index is 1.69. The number of benzene rings is 2. The molecule has 2 heterocycles. The van der Waals surface area contributed by atoms with E-state index in [4.69, 9.17) is 5.73 Å². The highest BCUT2D eigenvalue weighted by Crippen LogP contribution is 2.39. The maximum Gasteiger partial charge on any atom is 0.135 e. The Kier molecular flexibility index (Phi) is 7.51. The predicted octanol–water partition coefficient (Wildman–Crippen LogP) is 5.06. The molecule has 0 aromatic heterocycles. The highest BCUT2D eigenvalue weighted by molar-refractivity contribution is 5.42. The summed E-state index contributed by atoms with van der Waals surface area (Å²) in [6, 6.07) is 15.4. The van der Waals surface area contributed by atoms with Crippen LogP contribution in [0, 0.1) is 5.82 Å². The van der Waals surface area contributed by atoms with E-state index >= 15 is 0 Å². The molecular formula is C29H38FN5. The molecule has 0 saturated heterocycles. The Morgan fingerprint density at radius 3 is 2.46 bits per heavy atom. The summed E-state index contributed by atoms with van der Waals surface area (Å²) >= 11 is 0. The topological polar surface area (TPSA) is 47.8 Å². The maximum atomic E-state index is 13.6. The van der Waals surface area contributed by atoms with Crippen molar-refractivity contribution in [2.24, 2.45) is 5.73 Å². The molecule has 4 rings (SSSR count). The van der Waals surface area contributed by atoms with Crippen LogP contribution in [0.2, 0.25) is 0 Å². The van der Waals surface area contributed by atoms with Gasteiger partial charge in [0.25, 0.3) is 0 Å². The van der Waals surface area contributed by atoms with Gasteiger partial charge in [-0.2, -0.15) is 0 Å². The molecular weight excluding hydrogens is 437 g/mol. The average Bonchev–Trinajstić information content (AvgIpc) is 3.19. The highest BCUT2D eigenvalue weighted by Gasteiger charge is 2.40. The van der Waals surface area contributed by atoms with Gasteiger partial charge in [0.2, 0.25) is 0 Å².